The lowest BCUT2D eigenvalue weighted by atomic mass is 10.1. The van der Waals surface area contributed by atoms with Gasteiger partial charge >= 0.3 is 5.97 Å². The van der Waals surface area contributed by atoms with Crippen LogP contribution in [-0.2, 0) is 6.42 Å². The highest BCUT2D eigenvalue weighted by Gasteiger charge is 2.01. The monoisotopic (exact) mass is 163 g/mol. The SMILES string of the molecule is CCCc1c[c]cc(C(=O)O)c1. The second-order valence-corrected chi connectivity index (χ2v) is 2.69. The first-order valence-corrected chi connectivity index (χ1v) is 3.97. The molecule has 0 unspecified atom stereocenters. The summed E-state index contributed by atoms with van der Waals surface area (Å²) in [5, 5.41) is 8.66. The zero-order valence-corrected chi connectivity index (χ0v) is 7.00. The van der Waals surface area contributed by atoms with E-state index < -0.39 is 5.97 Å². The molecular formula is C10H11O2. The van der Waals surface area contributed by atoms with Crippen molar-refractivity contribution in [3.63, 3.8) is 0 Å². The molecule has 0 aliphatic rings. The molecule has 0 bridgehead atoms. The van der Waals surface area contributed by atoms with Crippen molar-refractivity contribution in [1.82, 2.24) is 0 Å². The molecule has 0 spiro atoms. The van der Waals surface area contributed by atoms with Gasteiger partial charge in [0.2, 0.25) is 0 Å². The fraction of sp³-hybridized carbons (Fsp3) is 0.300. The van der Waals surface area contributed by atoms with Gasteiger partial charge in [-0.05, 0) is 30.2 Å². The minimum atomic E-state index is -0.885. The van der Waals surface area contributed by atoms with Crippen molar-refractivity contribution < 1.29 is 9.90 Å². The Hall–Kier alpha value is -1.31. The van der Waals surface area contributed by atoms with Crippen LogP contribution in [0.2, 0.25) is 0 Å². The minimum Gasteiger partial charge on any atom is -0.478 e. The molecule has 2 heteroatoms. The molecule has 1 radical (unpaired) electrons. The molecule has 2 nitrogen and oxygen atoms in total. The van der Waals surface area contributed by atoms with E-state index in [2.05, 4.69) is 13.0 Å². The van der Waals surface area contributed by atoms with Crippen LogP contribution >= 0.6 is 0 Å². The van der Waals surface area contributed by atoms with Gasteiger partial charge in [0.15, 0.2) is 0 Å². The van der Waals surface area contributed by atoms with Crippen LogP contribution in [0.3, 0.4) is 0 Å². The predicted molar refractivity (Wildman–Crippen MR) is 46.2 cm³/mol. The second-order valence-electron chi connectivity index (χ2n) is 2.69. The molecular weight excluding hydrogens is 152 g/mol. The normalized spacial score (nSPS) is 9.75. The number of benzene rings is 1. The summed E-state index contributed by atoms with van der Waals surface area (Å²) in [4.78, 5) is 10.5. The maximum Gasteiger partial charge on any atom is 0.335 e. The zero-order valence-electron chi connectivity index (χ0n) is 7.00. The molecule has 0 aliphatic carbocycles. The molecule has 0 saturated heterocycles. The van der Waals surface area contributed by atoms with Crippen LogP contribution in [0, 0.1) is 6.07 Å². The van der Waals surface area contributed by atoms with Gasteiger partial charge in [-0.1, -0.05) is 19.4 Å². The molecule has 63 valence electrons. The van der Waals surface area contributed by atoms with E-state index in [1.165, 1.54) is 6.07 Å². The fourth-order valence-electron chi connectivity index (χ4n) is 1.08. The van der Waals surface area contributed by atoms with Gasteiger partial charge in [0.25, 0.3) is 0 Å². The summed E-state index contributed by atoms with van der Waals surface area (Å²) < 4.78 is 0. The van der Waals surface area contributed by atoms with Crippen LogP contribution in [0.25, 0.3) is 0 Å². The summed E-state index contributed by atoms with van der Waals surface area (Å²) >= 11 is 0. The maximum atomic E-state index is 10.5. The zero-order chi connectivity index (χ0) is 8.97. The smallest absolute Gasteiger partial charge is 0.335 e. The van der Waals surface area contributed by atoms with Crippen LogP contribution in [0.4, 0.5) is 0 Å². The van der Waals surface area contributed by atoms with Gasteiger partial charge in [0.1, 0.15) is 0 Å². The van der Waals surface area contributed by atoms with Gasteiger partial charge in [-0.3, -0.25) is 0 Å². The van der Waals surface area contributed by atoms with E-state index in [1.54, 1.807) is 6.07 Å². The Morgan fingerprint density at radius 3 is 2.92 bits per heavy atom. The molecule has 0 heterocycles. The molecule has 0 aromatic heterocycles. The van der Waals surface area contributed by atoms with Gasteiger partial charge in [-0.15, -0.1) is 0 Å². The average Bonchev–Trinajstić information content (AvgIpc) is 2.05. The standard InChI is InChI=1S/C10H11O2/c1-2-4-8-5-3-6-9(7-8)10(11)12/h5-7H,2,4H2,1H3,(H,11,12). The third-order valence-corrected chi connectivity index (χ3v) is 1.63. The summed E-state index contributed by atoms with van der Waals surface area (Å²) in [6.45, 7) is 2.06. The van der Waals surface area contributed by atoms with Crippen molar-refractivity contribution in [2.45, 2.75) is 19.8 Å². The van der Waals surface area contributed by atoms with Crippen LogP contribution in [0.1, 0.15) is 29.3 Å². The lowest BCUT2D eigenvalue weighted by molar-refractivity contribution is 0.0696. The third-order valence-electron chi connectivity index (χ3n) is 1.63. The van der Waals surface area contributed by atoms with Crippen molar-refractivity contribution in [3.8, 4) is 0 Å². The Balaban J connectivity index is 2.88. The van der Waals surface area contributed by atoms with E-state index in [-0.39, 0.29) is 0 Å². The van der Waals surface area contributed by atoms with E-state index in [0.717, 1.165) is 18.4 Å². The molecule has 1 aromatic rings. The van der Waals surface area contributed by atoms with Crippen LogP contribution in [-0.4, -0.2) is 11.1 Å². The Labute approximate surface area is 71.8 Å². The molecule has 0 aliphatic heterocycles. The lowest BCUT2D eigenvalue weighted by Crippen LogP contribution is -1.97. The average molecular weight is 163 g/mol. The first-order chi connectivity index (χ1) is 5.74. The highest BCUT2D eigenvalue weighted by atomic mass is 16.4. The van der Waals surface area contributed by atoms with E-state index in [9.17, 15) is 4.79 Å². The van der Waals surface area contributed by atoms with E-state index in [4.69, 9.17) is 5.11 Å². The minimum absolute atomic E-state index is 0.320. The summed E-state index contributed by atoms with van der Waals surface area (Å²) in [7, 11) is 0. The van der Waals surface area contributed by atoms with Crippen LogP contribution < -0.4 is 0 Å². The van der Waals surface area contributed by atoms with Gasteiger partial charge in [-0.25, -0.2) is 4.79 Å². The Morgan fingerprint density at radius 1 is 1.58 bits per heavy atom. The van der Waals surface area contributed by atoms with Crippen molar-refractivity contribution >= 4 is 5.97 Å². The Kier molecular flexibility index (Phi) is 2.86. The number of aryl methyl sites for hydroxylation is 1. The van der Waals surface area contributed by atoms with Crippen molar-refractivity contribution in [1.29, 1.82) is 0 Å². The molecule has 12 heavy (non-hydrogen) atoms. The van der Waals surface area contributed by atoms with Crippen molar-refractivity contribution in [2.75, 3.05) is 0 Å². The quantitative estimate of drug-likeness (QED) is 0.741. The van der Waals surface area contributed by atoms with E-state index >= 15 is 0 Å². The Bertz CT molecular complexity index is 279. The number of aromatic carboxylic acids is 1. The number of hydrogen-bond donors (Lipinski definition) is 1. The third kappa shape index (κ3) is 2.09. The number of carbonyl (C=O) groups is 1. The van der Waals surface area contributed by atoms with Gasteiger partial charge in [0, 0.05) is 0 Å². The maximum absolute atomic E-state index is 10.5. The topological polar surface area (TPSA) is 37.3 Å². The number of carboxylic acids is 1. The van der Waals surface area contributed by atoms with E-state index in [0.29, 0.717) is 5.56 Å². The molecule has 1 aromatic carbocycles. The molecule has 1 N–H and O–H groups in total. The molecule has 0 fully saturated rings. The van der Waals surface area contributed by atoms with Crippen LogP contribution in [0.15, 0.2) is 18.2 Å². The van der Waals surface area contributed by atoms with Crippen molar-refractivity contribution in [3.05, 3.63) is 35.4 Å². The number of rotatable bonds is 3. The first-order valence-electron chi connectivity index (χ1n) is 3.97. The lowest BCUT2D eigenvalue weighted by Gasteiger charge is -1.98. The largest absolute Gasteiger partial charge is 0.478 e. The van der Waals surface area contributed by atoms with Gasteiger partial charge < -0.3 is 5.11 Å². The summed E-state index contributed by atoms with van der Waals surface area (Å²) in [6, 6.07) is 7.83. The van der Waals surface area contributed by atoms with Gasteiger partial charge in [0.05, 0.1) is 5.56 Å². The summed E-state index contributed by atoms with van der Waals surface area (Å²) in [5.74, 6) is -0.885. The number of hydrogen-bond acceptors (Lipinski definition) is 1. The Morgan fingerprint density at radius 2 is 2.33 bits per heavy atom. The highest BCUT2D eigenvalue weighted by molar-refractivity contribution is 5.87. The summed E-state index contributed by atoms with van der Waals surface area (Å²) in [6.07, 6.45) is 1.94. The van der Waals surface area contributed by atoms with Crippen molar-refractivity contribution in [2.24, 2.45) is 0 Å². The summed E-state index contributed by atoms with van der Waals surface area (Å²) in [5.41, 5.74) is 1.36. The van der Waals surface area contributed by atoms with Crippen LogP contribution in [0.5, 0.6) is 0 Å². The molecule has 0 amide bonds. The predicted octanol–water partition coefficient (Wildman–Crippen LogP) is 2.14. The number of carboxylic acid groups (broad SMARTS) is 1. The second kappa shape index (κ2) is 3.90. The first kappa shape index (κ1) is 8.78. The fourth-order valence-corrected chi connectivity index (χ4v) is 1.08. The van der Waals surface area contributed by atoms with E-state index in [1.807, 2.05) is 6.07 Å². The highest BCUT2D eigenvalue weighted by Crippen LogP contribution is 2.06. The molecule has 1 rings (SSSR count). The van der Waals surface area contributed by atoms with Gasteiger partial charge in [-0.2, -0.15) is 0 Å². The molecule has 0 atom stereocenters. The molecule has 0 saturated carbocycles.